The molecule has 0 aliphatic heterocycles. The summed E-state index contributed by atoms with van der Waals surface area (Å²) < 4.78 is 26.6. The van der Waals surface area contributed by atoms with Gasteiger partial charge in [-0.15, -0.1) is 0 Å². The summed E-state index contributed by atoms with van der Waals surface area (Å²) in [5.41, 5.74) is 0.584. The third kappa shape index (κ3) is 4.34. The molecule has 0 heterocycles. The van der Waals surface area contributed by atoms with Crippen LogP contribution in [0.2, 0.25) is 0 Å². The summed E-state index contributed by atoms with van der Waals surface area (Å²) in [7, 11) is -3.49. The Kier molecular flexibility index (Phi) is 6.21. The smallest absolute Gasteiger partial charge is 0.243 e. The topological polar surface area (TPSA) is 57.6 Å². The van der Waals surface area contributed by atoms with Crippen molar-refractivity contribution in [3.63, 3.8) is 0 Å². The molecule has 4 nitrogen and oxygen atoms in total. The molecule has 0 saturated carbocycles. The molecule has 0 amide bonds. The molecule has 0 radical (unpaired) electrons. The summed E-state index contributed by atoms with van der Waals surface area (Å²) in [4.78, 5) is 0.240. The van der Waals surface area contributed by atoms with Crippen molar-refractivity contribution in [2.75, 3.05) is 19.7 Å². The largest absolute Gasteiger partial charge is 0.384 e. The van der Waals surface area contributed by atoms with Gasteiger partial charge in [-0.2, -0.15) is 4.31 Å². The van der Waals surface area contributed by atoms with Crippen molar-refractivity contribution in [2.45, 2.75) is 25.7 Å². The third-order valence-electron chi connectivity index (χ3n) is 2.71. The minimum atomic E-state index is -3.49. The van der Waals surface area contributed by atoms with Crippen molar-refractivity contribution in [3.8, 4) is 11.8 Å². The van der Waals surface area contributed by atoms with Crippen LogP contribution < -0.4 is 0 Å². The molecule has 1 N–H and O–H groups in total. The zero-order valence-corrected chi connectivity index (χ0v) is 12.9. The van der Waals surface area contributed by atoms with Gasteiger partial charge in [-0.3, -0.25) is 0 Å². The Hall–Kier alpha value is -1.35. The standard InChI is InChI=1S/C15H21NO3S/c1-4-16(12-13(2)3)20(18,19)15-9-5-7-14(11-15)8-6-10-17/h5,7,9,11,13,17H,4,10,12H2,1-3H3. The first-order valence-electron chi connectivity index (χ1n) is 6.61. The number of hydrogen-bond donors (Lipinski definition) is 1. The van der Waals surface area contributed by atoms with Gasteiger partial charge in [0.25, 0.3) is 0 Å². The Morgan fingerprint density at radius 2 is 2.05 bits per heavy atom. The van der Waals surface area contributed by atoms with Gasteiger partial charge in [-0.25, -0.2) is 8.42 Å². The lowest BCUT2D eigenvalue weighted by atomic mass is 10.2. The van der Waals surface area contributed by atoms with E-state index in [9.17, 15) is 8.42 Å². The second-order valence-electron chi connectivity index (χ2n) is 4.84. The first-order valence-corrected chi connectivity index (χ1v) is 8.05. The van der Waals surface area contributed by atoms with Gasteiger partial charge in [0.15, 0.2) is 0 Å². The molecular formula is C15H21NO3S. The molecule has 1 aromatic rings. The van der Waals surface area contributed by atoms with Crippen LogP contribution >= 0.6 is 0 Å². The van der Waals surface area contributed by atoms with E-state index in [1.807, 2.05) is 20.8 Å². The summed E-state index contributed by atoms with van der Waals surface area (Å²) in [6.07, 6.45) is 0. The summed E-state index contributed by atoms with van der Waals surface area (Å²) in [5.74, 6) is 5.50. The number of nitrogens with zero attached hydrogens (tertiary/aromatic N) is 1. The van der Waals surface area contributed by atoms with Crippen molar-refractivity contribution in [2.24, 2.45) is 5.92 Å². The molecule has 0 saturated heterocycles. The van der Waals surface area contributed by atoms with Gasteiger partial charge < -0.3 is 5.11 Å². The Balaban J connectivity index is 3.14. The fraction of sp³-hybridized carbons (Fsp3) is 0.467. The lowest BCUT2D eigenvalue weighted by Gasteiger charge is -2.22. The fourth-order valence-electron chi connectivity index (χ4n) is 1.83. The van der Waals surface area contributed by atoms with E-state index in [2.05, 4.69) is 11.8 Å². The minimum absolute atomic E-state index is 0.240. The quantitative estimate of drug-likeness (QED) is 0.841. The van der Waals surface area contributed by atoms with E-state index in [1.165, 1.54) is 4.31 Å². The zero-order valence-electron chi connectivity index (χ0n) is 12.1. The molecular weight excluding hydrogens is 274 g/mol. The van der Waals surface area contributed by atoms with E-state index in [-0.39, 0.29) is 17.4 Å². The first-order chi connectivity index (χ1) is 9.41. The van der Waals surface area contributed by atoms with Crippen molar-refractivity contribution in [3.05, 3.63) is 29.8 Å². The number of aliphatic hydroxyl groups is 1. The Morgan fingerprint density at radius 1 is 1.35 bits per heavy atom. The van der Waals surface area contributed by atoms with Gasteiger partial charge in [0.2, 0.25) is 10.0 Å². The Labute approximate surface area is 121 Å². The lowest BCUT2D eigenvalue weighted by molar-refractivity contribution is 0.350. The normalized spacial score (nSPS) is 11.5. The van der Waals surface area contributed by atoms with Crippen LogP contribution in [0.3, 0.4) is 0 Å². The summed E-state index contributed by atoms with van der Waals surface area (Å²) in [5, 5.41) is 8.68. The maximum Gasteiger partial charge on any atom is 0.243 e. The Bertz CT molecular complexity index is 597. The molecule has 5 heteroatoms. The maximum atomic E-state index is 12.6. The molecule has 0 atom stereocenters. The van der Waals surface area contributed by atoms with Gasteiger partial charge in [0.05, 0.1) is 4.90 Å². The van der Waals surface area contributed by atoms with Crippen LogP contribution in [-0.4, -0.2) is 37.5 Å². The predicted molar refractivity (Wildman–Crippen MR) is 79.7 cm³/mol. The average Bonchev–Trinajstić information content (AvgIpc) is 2.42. The minimum Gasteiger partial charge on any atom is -0.384 e. The number of benzene rings is 1. The molecule has 0 aromatic heterocycles. The number of hydrogen-bond acceptors (Lipinski definition) is 3. The van der Waals surface area contributed by atoms with Gasteiger partial charge in [-0.1, -0.05) is 38.7 Å². The van der Waals surface area contributed by atoms with E-state index >= 15 is 0 Å². The highest BCUT2D eigenvalue weighted by atomic mass is 32.2. The maximum absolute atomic E-state index is 12.6. The third-order valence-corrected chi connectivity index (χ3v) is 4.64. The number of aliphatic hydroxyl groups excluding tert-OH is 1. The summed E-state index contributed by atoms with van der Waals surface area (Å²) in [6.45, 7) is 6.49. The molecule has 0 fully saturated rings. The molecule has 110 valence electrons. The number of rotatable bonds is 5. The number of sulfonamides is 1. The molecule has 20 heavy (non-hydrogen) atoms. The highest BCUT2D eigenvalue weighted by molar-refractivity contribution is 7.89. The van der Waals surface area contributed by atoms with E-state index in [4.69, 9.17) is 5.11 Å². The van der Waals surface area contributed by atoms with Gasteiger partial charge in [0, 0.05) is 18.7 Å². The van der Waals surface area contributed by atoms with E-state index in [0.29, 0.717) is 18.7 Å². The van der Waals surface area contributed by atoms with Crippen LogP contribution in [0.15, 0.2) is 29.2 Å². The second kappa shape index (κ2) is 7.44. The van der Waals surface area contributed by atoms with Crippen molar-refractivity contribution < 1.29 is 13.5 Å². The van der Waals surface area contributed by atoms with Gasteiger partial charge in [0.1, 0.15) is 6.61 Å². The second-order valence-corrected chi connectivity index (χ2v) is 6.78. The van der Waals surface area contributed by atoms with Crippen molar-refractivity contribution >= 4 is 10.0 Å². The van der Waals surface area contributed by atoms with Crippen LogP contribution in [0.4, 0.5) is 0 Å². The fourth-order valence-corrected chi connectivity index (χ4v) is 3.49. The van der Waals surface area contributed by atoms with E-state index < -0.39 is 10.0 Å². The molecule has 1 rings (SSSR count). The van der Waals surface area contributed by atoms with Crippen molar-refractivity contribution in [1.82, 2.24) is 4.31 Å². The highest BCUT2D eigenvalue weighted by Gasteiger charge is 2.23. The van der Waals surface area contributed by atoms with E-state index in [0.717, 1.165) is 0 Å². The predicted octanol–water partition coefficient (Wildman–Crippen LogP) is 1.70. The molecule has 0 bridgehead atoms. The molecule has 1 aromatic carbocycles. The summed E-state index contributed by atoms with van der Waals surface area (Å²) >= 11 is 0. The van der Waals surface area contributed by atoms with Crippen LogP contribution in [0, 0.1) is 17.8 Å². The monoisotopic (exact) mass is 295 g/mol. The molecule has 0 aliphatic carbocycles. The van der Waals surface area contributed by atoms with Crippen LogP contribution in [0.1, 0.15) is 26.3 Å². The molecule has 0 spiro atoms. The van der Waals surface area contributed by atoms with E-state index in [1.54, 1.807) is 24.3 Å². The Morgan fingerprint density at radius 3 is 2.60 bits per heavy atom. The van der Waals surface area contributed by atoms with Gasteiger partial charge >= 0.3 is 0 Å². The summed E-state index contributed by atoms with van der Waals surface area (Å²) in [6, 6.07) is 6.50. The zero-order chi connectivity index (χ0) is 15.2. The highest BCUT2D eigenvalue weighted by Crippen LogP contribution is 2.18. The first kappa shape index (κ1) is 16.7. The van der Waals surface area contributed by atoms with Crippen LogP contribution in [0.25, 0.3) is 0 Å². The molecule has 0 unspecified atom stereocenters. The average molecular weight is 295 g/mol. The lowest BCUT2D eigenvalue weighted by Crippen LogP contribution is -2.34. The van der Waals surface area contributed by atoms with Crippen LogP contribution in [0.5, 0.6) is 0 Å². The van der Waals surface area contributed by atoms with Gasteiger partial charge in [-0.05, 0) is 24.1 Å². The molecule has 0 aliphatic rings. The van der Waals surface area contributed by atoms with Crippen molar-refractivity contribution in [1.29, 1.82) is 0 Å². The SMILES string of the molecule is CCN(CC(C)C)S(=O)(=O)c1cccc(C#CCO)c1. The van der Waals surface area contributed by atoms with Crippen LogP contribution in [-0.2, 0) is 10.0 Å².